The second kappa shape index (κ2) is 8.33. The maximum atomic E-state index is 12.0. The van der Waals surface area contributed by atoms with Gasteiger partial charge in [-0.3, -0.25) is 9.59 Å². The number of hydrogen-bond donors (Lipinski definition) is 0. The Bertz CT molecular complexity index is 558. The van der Waals surface area contributed by atoms with Crippen molar-refractivity contribution in [3.8, 4) is 0 Å². The zero-order valence-corrected chi connectivity index (χ0v) is 16.5. The molecule has 0 aromatic carbocycles. The molecule has 0 aliphatic heterocycles. The standard InChI is InChI=1S/C22H34O3/c1-13(2)20(24)12-9-15(4)19-11-7-14(3)18-10-8-16(5)21(18)22(19)25-17(6)23/h8,13,15,18-19,21-22H,3,7,9-12H2,1-2,4-6H3/t15-,18?,19?,21-,22-/m1/s1. The Labute approximate surface area is 152 Å². The van der Waals surface area contributed by atoms with Gasteiger partial charge in [0.15, 0.2) is 0 Å². The number of ether oxygens (including phenoxy) is 1. The Morgan fingerprint density at radius 2 is 2.00 bits per heavy atom. The molecule has 1 saturated carbocycles. The summed E-state index contributed by atoms with van der Waals surface area (Å²) in [7, 11) is 0. The molecule has 0 bridgehead atoms. The lowest BCUT2D eigenvalue weighted by Crippen LogP contribution is -2.38. The van der Waals surface area contributed by atoms with Gasteiger partial charge in [0.25, 0.3) is 0 Å². The minimum atomic E-state index is -0.202. The Balaban J connectivity index is 2.20. The fraction of sp³-hybridized carbons (Fsp3) is 0.727. The van der Waals surface area contributed by atoms with Crippen LogP contribution >= 0.6 is 0 Å². The number of esters is 1. The minimum absolute atomic E-state index is 0.0924. The maximum absolute atomic E-state index is 12.0. The third-order valence-corrected chi connectivity index (χ3v) is 6.28. The van der Waals surface area contributed by atoms with Crippen LogP contribution in [-0.4, -0.2) is 17.9 Å². The van der Waals surface area contributed by atoms with Crippen molar-refractivity contribution in [2.45, 2.75) is 72.8 Å². The van der Waals surface area contributed by atoms with Crippen molar-refractivity contribution < 1.29 is 14.3 Å². The lowest BCUT2D eigenvalue weighted by atomic mass is 9.75. The molecule has 0 amide bonds. The summed E-state index contributed by atoms with van der Waals surface area (Å²) in [5, 5.41) is 0. The van der Waals surface area contributed by atoms with Gasteiger partial charge in [-0.15, -0.1) is 0 Å². The van der Waals surface area contributed by atoms with E-state index in [-0.39, 0.29) is 29.8 Å². The number of carbonyl (C=O) groups excluding carboxylic acids is 2. The summed E-state index contributed by atoms with van der Waals surface area (Å²) in [5.74, 6) is 1.51. The highest BCUT2D eigenvalue weighted by Gasteiger charge is 2.44. The Hall–Kier alpha value is -1.38. The second-order valence-electron chi connectivity index (χ2n) is 8.39. The predicted molar refractivity (Wildman–Crippen MR) is 101 cm³/mol. The molecule has 25 heavy (non-hydrogen) atoms. The van der Waals surface area contributed by atoms with Gasteiger partial charge in [-0.05, 0) is 50.4 Å². The summed E-state index contributed by atoms with van der Waals surface area (Å²) in [6.07, 6.45) is 6.68. The fourth-order valence-corrected chi connectivity index (χ4v) is 4.62. The molecule has 0 N–H and O–H groups in total. The molecule has 2 aliphatic carbocycles. The largest absolute Gasteiger partial charge is 0.462 e. The summed E-state index contributed by atoms with van der Waals surface area (Å²) in [6.45, 7) is 14.1. The van der Waals surface area contributed by atoms with E-state index in [1.54, 1.807) is 0 Å². The molecule has 0 radical (unpaired) electrons. The number of rotatable bonds is 6. The molecule has 0 aromatic heterocycles. The van der Waals surface area contributed by atoms with E-state index in [1.165, 1.54) is 18.1 Å². The van der Waals surface area contributed by atoms with Gasteiger partial charge in [0.2, 0.25) is 0 Å². The van der Waals surface area contributed by atoms with Crippen LogP contribution in [-0.2, 0) is 14.3 Å². The van der Waals surface area contributed by atoms with E-state index in [9.17, 15) is 9.59 Å². The van der Waals surface area contributed by atoms with Gasteiger partial charge in [0.1, 0.15) is 11.9 Å². The summed E-state index contributed by atoms with van der Waals surface area (Å²) in [5.41, 5.74) is 2.62. The predicted octanol–water partition coefficient (Wildman–Crippen LogP) is 5.11. The third-order valence-electron chi connectivity index (χ3n) is 6.28. The number of hydrogen-bond acceptors (Lipinski definition) is 3. The number of Topliss-reactive ketones (excluding diaryl/α,β-unsaturated/α-hetero) is 1. The Kier molecular flexibility index (Phi) is 6.65. The van der Waals surface area contributed by atoms with E-state index in [2.05, 4.69) is 26.5 Å². The molecular formula is C22H34O3. The third kappa shape index (κ3) is 4.62. The van der Waals surface area contributed by atoms with Crippen molar-refractivity contribution >= 4 is 11.8 Å². The molecule has 3 nitrogen and oxygen atoms in total. The first-order valence-corrected chi connectivity index (χ1v) is 9.76. The average molecular weight is 347 g/mol. The van der Waals surface area contributed by atoms with Crippen molar-refractivity contribution in [3.63, 3.8) is 0 Å². The van der Waals surface area contributed by atoms with Crippen LogP contribution in [0, 0.1) is 29.6 Å². The topological polar surface area (TPSA) is 43.4 Å². The number of fused-ring (bicyclic) bond motifs is 1. The molecule has 0 aromatic rings. The molecule has 140 valence electrons. The van der Waals surface area contributed by atoms with Gasteiger partial charge in [0.05, 0.1) is 0 Å². The van der Waals surface area contributed by atoms with Gasteiger partial charge in [-0.1, -0.05) is 44.6 Å². The first-order valence-electron chi connectivity index (χ1n) is 9.76. The molecule has 0 saturated heterocycles. The van der Waals surface area contributed by atoms with E-state index >= 15 is 0 Å². The first kappa shape index (κ1) is 19.9. The van der Waals surface area contributed by atoms with Crippen LogP contribution in [0.3, 0.4) is 0 Å². The van der Waals surface area contributed by atoms with Crippen LogP contribution in [0.2, 0.25) is 0 Å². The molecule has 3 heteroatoms. The summed E-state index contributed by atoms with van der Waals surface area (Å²) in [6, 6.07) is 0. The normalized spacial score (nSPS) is 30.5. The van der Waals surface area contributed by atoms with E-state index in [1.807, 2.05) is 13.8 Å². The van der Waals surface area contributed by atoms with Gasteiger partial charge in [-0.25, -0.2) is 0 Å². The molecule has 0 heterocycles. The van der Waals surface area contributed by atoms with Crippen LogP contribution in [0.1, 0.15) is 66.7 Å². The van der Waals surface area contributed by atoms with Crippen LogP contribution in [0.4, 0.5) is 0 Å². The first-order chi connectivity index (χ1) is 11.7. The molecule has 2 unspecified atom stereocenters. The van der Waals surface area contributed by atoms with Crippen molar-refractivity contribution in [2.75, 3.05) is 0 Å². The highest BCUT2D eigenvalue weighted by molar-refractivity contribution is 5.80. The summed E-state index contributed by atoms with van der Waals surface area (Å²) in [4.78, 5) is 23.8. The lowest BCUT2D eigenvalue weighted by Gasteiger charge is -2.35. The van der Waals surface area contributed by atoms with Gasteiger partial charge in [0, 0.05) is 25.2 Å². The SMILES string of the molecule is C=C1CCC([C@H](C)CCC(=O)C(C)C)[C@@H](OC(C)=O)[C@@H]2C(C)=CCC12. The highest BCUT2D eigenvalue weighted by atomic mass is 16.5. The summed E-state index contributed by atoms with van der Waals surface area (Å²) < 4.78 is 5.89. The quantitative estimate of drug-likeness (QED) is 0.496. The number of allylic oxidation sites excluding steroid dienone is 2. The summed E-state index contributed by atoms with van der Waals surface area (Å²) >= 11 is 0. The van der Waals surface area contributed by atoms with E-state index < -0.39 is 0 Å². The van der Waals surface area contributed by atoms with Crippen molar-refractivity contribution in [1.82, 2.24) is 0 Å². The lowest BCUT2D eigenvalue weighted by molar-refractivity contribution is -0.153. The molecule has 1 fully saturated rings. The molecular weight excluding hydrogens is 312 g/mol. The average Bonchev–Trinajstić information content (AvgIpc) is 2.85. The molecule has 5 atom stereocenters. The van der Waals surface area contributed by atoms with Crippen LogP contribution in [0.15, 0.2) is 23.8 Å². The Morgan fingerprint density at radius 1 is 1.32 bits per heavy atom. The van der Waals surface area contributed by atoms with Crippen molar-refractivity contribution in [1.29, 1.82) is 0 Å². The smallest absolute Gasteiger partial charge is 0.302 e. The van der Waals surface area contributed by atoms with Crippen molar-refractivity contribution in [3.05, 3.63) is 23.8 Å². The minimum Gasteiger partial charge on any atom is -0.462 e. The zero-order valence-electron chi connectivity index (χ0n) is 16.5. The molecule has 2 rings (SSSR count). The number of ketones is 1. The zero-order chi connectivity index (χ0) is 18.7. The Morgan fingerprint density at radius 3 is 2.60 bits per heavy atom. The van der Waals surface area contributed by atoms with Gasteiger partial charge >= 0.3 is 5.97 Å². The maximum Gasteiger partial charge on any atom is 0.302 e. The van der Waals surface area contributed by atoms with E-state index in [4.69, 9.17) is 4.74 Å². The van der Waals surface area contributed by atoms with Crippen LogP contribution in [0.5, 0.6) is 0 Å². The van der Waals surface area contributed by atoms with Crippen LogP contribution < -0.4 is 0 Å². The molecule has 2 aliphatic rings. The monoisotopic (exact) mass is 346 g/mol. The van der Waals surface area contributed by atoms with Crippen LogP contribution in [0.25, 0.3) is 0 Å². The highest BCUT2D eigenvalue weighted by Crippen LogP contribution is 2.48. The molecule has 0 spiro atoms. The number of carbonyl (C=O) groups is 2. The van der Waals surface area contributed by atoms with Gasteiger partial charge in [-0.2, -0.15) is 0 Å². The van der Waals surface area contributed by atoms with Crippen molar-refractivity contribution in [2.24, 2.45) is 29.6 Å². The van der Waals surface area contributed by atoms with Gasteiger partial charge < -0.3 is 4.74 Å². The van der Waals surface area contributed by atoms with E-state index in [0.717, 1.165) is 25.7 Å². The van der Waals surface area contributed by atoms with E-state index in [0.29, 0.717) is 24.0 Å². The second-order valence-corrected chi connectivity index (χ2v) is 8.39. The fourth-order valence-electron chi connectivity index (χ4n) is 4.62.